The van der Waals surface area contributed by atoms with E-state index in [2.05, 4.69) is 43.8 Å². The molecule has 0 aromatic heterocycles. The van der Waals surface area contributed by atoms with Crippen molar-refractivity contribution in [2.24, 2.45) is 5.92 Å². The summed E-state index contributed by atoms with van der Waals surface area (Å²) in [4.78, 5) is 4.83. The summed E-state index contributed by atoms with van der Waals surface area (Å²) in [5.41, 5.74) is 0.318. The number of nitrogens with zero attached hydrogens (tertiary/aromatic N) is 3. The third-order valence-corrected chi connectivity index (χ3v) is 3.91. The fourth-order valence-corrected chi connectivity index (χ4v) is 2.63. The minimum atomic E-state index is 0.318. The Bertz CT molecular complexity index is 265. The molecule has 3 nitrogen and oxygen atoms in total. The third kappa shape index (κ3) is 4.65. The Labute approximate surface area is 106 Å². The average Bonchev–Trinajstić information content (AvgIpc) is 2.22. The van der Waals surface area contributed by atoms with Crippen molar-refractivity contribution in [1.29, 1.82) is 5.26 Å². The number of hydrogen-bond donors (Lipinski definition) is 0. The zero-order valence-electron chi connectivity index (χ0n) is 11.9. The lowest BCUT2D eigenvalue weighted by atomic mass is 9.83. The van der Waals surface area contributed by atoms with Crippen molar-refractivity contribution in [3.05, 3.63) is 0 Å². The van der Waals surface area contributed by atoms with Crippen LogP contribution in [-0.4, -0.2) is 49.1 Å². The Balaban J connectivity index is 2.44. The van der Waals surface area contributed by atoms with Gasteiger partial charge in [0.15, 0.2) is 0 Å². The second-order valence-corrected chi connectivity index (χ2v) is 6.18. The molecule has 0 saturated carbocycles. The molecular weight excluding hydrogens is 210 g/mol. The van der Waals surface area contributed by atoms with Gasteiger partial charge in [-0.15, -0.1) is 0 Å². The molecule has 0 radical (unpaired) electrons. The van der Waals surface area contributed by atoms with E-state index in [1.807, 2.05) is 0 Å². The first-order chi connectivity index (χ1) is 7.95. The molecule has 1 atom stereocenters. The van der Waals surface area contributed by atoms with E-state index < -0.39 is 0 Å². The van der Waals surface area contributed by atoms with Gasteiger partial charge in [0.2, 0.25) is 0 Å². The Morgan fingerprint density at radius 1 is 1.41 bits per heavy atom. The summed E-state index contributed by atoms with van der Waals surface area (Å²) in [7, 11) is 4.25. The first kappa shape index (κ1) is 14.5. The normalized spacial score (nSPS) is 24.8. The van der Waals surface area contributed by atoms with Crippen LogP contribution in [0.25, 0.3) is 0 Å². The SMILES string of the molecule is CN(C)CCCN1CC(CC#N)CCC1(C)C. The Kier molecular flexibility index (Phi) is 5.42. The molecule has 1 unspecified atom stereocenters. The zero-order valence-corrected chi connectivity index (χ0v) is 11.9. The lowest BCUT2D eigenvalue weighted by Gasteiger charge is -2.45. The lowest BCUT2D eigenvalue weighted by Crippen LogP contribution is -2.50. The quantitative estimate of drug-likeness (QED) is 0.735. The highest BCUT2D eigenvalue weighted by atomic mass is 15.2. The van der Waals surface area contributed by atoms with Gasteiger partial charge in [0.05, 0.1) is 6.07 Å². The first-order valence-electron chi connectivity index (χ1n) is 6.72. The molecular formula is C14H27N3. The number of nitriles is 1. The van der Waals surface area contributed by atoms with Crippen molar-refractivity contribution in [1.82, 2.24) is 9.80 Å². The highest BCUT2D eigenvalue weighted by molar-refractivity contribution is 4.91. The fraction of sp³-hybridized carbons (Fsp3) is 0.929. The third-order valence-electron chi connectivity index (χ3n) is 3.91. The van der Waals surface area contributed by atoms with Crippen LogP contribution in [0.1, 0.15) is 39.5 Å². The second kappa shape index (κ2) is 6.37. The van der Waals surface area contributed by atoms with E-state index in [-0.39, 0.29) is 0 Å². The van der Waals surface area contributed by atoms with Gasteiger partial charge >= 0.3 is 0 Å². The Hall–Kier alpha value is -0.590. The number of piperidine rings is 1. The van der Waals surface area contributed by atoms with Gasteiger partial charge in [-0.05, 0) is 66.2 Å². The fourth-order valence-electron chi connectivity index (χ4n) is 2.63. The van der Waals surface area contributed by atoms with Gasteiger partial charge < -0.3 is 4.90 Å². The highest BCUT2D eigenvalue weighted by Crippen LogP contribution is 2.31. The molecule has 0 amide bonds. The van der Waals surface area contributed by atoms with E-state index >= 15 is 0 Å². The van der Waals surface area contributed by atoms with Gasteiger partial charge in [-0.25, -0.2) is 0 Å². The van der Waals surface area contributed by atoms with E-state index in [0.717, 1.165) is 26.1 Å². The van der Waals surface area contributed by atoms with Gasteiger partial charge in [0, 0.05) is 18.5 Å². The summed E-state index contributed by atoms with van der Waals surface area (Å²) < 4.78 is 0. The lowest BCUT2D eigenvalue weighted by molar-refractivity contribution is 0.0439. The van der Waals surface area contributed by atoms with E-state index in [9.17, 15) is 0 Å². The van der Waals surface area contributed by atoms with E-state index in [4.69, 9.17) is 5.26 Å². The minimum Gasteiger partial charge on any atom is -0.309 e. The van der Waals surface area contributed by atoms with Crippen LogP contribution in [-0.2, 0) is 0 Å². The molecule has 0 bridgehead atoms. The standard InChI is InChI=1S/C14H27N3/c1-14(2)8-6-13(7-9-15)12-17(14)11-5-10-16(3)4/h13H,5-8,10-12H2,1-4H3. The van der Waals surface area contributed by atoms with Crippen LogP contribution in [0.2, 0.25) is 0 Å². The molecule has 0 spiro atoms. The van der Waals surface area contributed by atoms with Gasteiger partial charge in [0.1, 0.15) is 0 Å². The van der Waals surface area contributed by atoms with Gasteiger partial charge in [-0.2, -0.15) is 5.26 Å². The molecule has 0 aromatic carbocycles. The number of rotatable bonds is 5. The van der Waals surface area contributed by atoms with Gasteiger partial charge in [-0.3, -0.25) is 4.90 Å². The monoisotopic (exact) mass is 237 g/mol. The molecule has 1 aliphatic rings. The zero-order chi connectivity index (χ0) is 12.9. The maximum atomic E-state index is 8.81. The summed E-state index contributed by atoms with van der Waals surface area (Å²) >= 11 is 0. The number of likely N-dealkylation sites (tertiary alicyclic amines) is 1. The molecule has 17 heavy (non-hydrogen) atoms. The van der Waals surface area contributed by atoms with Crippen LogP contribution in [0.5, 0.6) is 0 Å². The van der Waals surface area contributed by atoms with Crippen molar-refractivity contribution in [3.63, 3.8) is 0 Å². The molecule has 1 saturated heterocycles. The molecule has 1 fully saturated rings. The van der Waals surface area contributed by atoms with Crippen molar-refractivity contribution < 1.29 is 0 Å². The first-order valence-corrected chi connectivity index (χ1v) is 6.72. The van der Waals surface area contributed by atoms with E-state index in [1.165, 1.54) is 19.3 Å². The maximum Gasteiger partial charge on any atom is 0.0625 e. The molecule has 98 valence electrons. The second-order valence-electron chi connectivity index (χ2n) is 6.18. The predicted molar refractivity (Wildman–Crippen MR) is 71.8 cm³/mol. The molecule has 1 rings (SSSR count). The Morgan fingerprint density at radius 2 is 2.12 bits per heavy atom. The van der Waals surface area contributed by atoms with Crippen molar-refractivity contribution >= 4 is 0 Å². The molecule has 0 aliphatic carbocycles. The topological polar surface area (TPSA) is 30.3 Å². The Morgan fingerprint density at radius 3 is 2.71 bits per heavy atom. The summed E-state index contributed by atoms with van der Waals surface area (Å²) in [6.45, 7) is 8.09. The average molecular weight is 237 g/mol. The summed E-state index contributed by atoms with van der Waals surface area (Å²) in [6, 6.07) is 2.32. The molecule has 1 aliphatic heterocycles. The molecule has 0 aromatic rings. The van der Waals surface area contributed by atoms with Crippen molar-refractivity contribution in [2.45, 2.75) is 45.1 Å². The van der Waals surface area contributed by atoms with Crippen LogP contribution in [0, 0.1) is 17.2 Å². The van der Waals surface area contributed by atoms with Crippen LogP contribution < -0.4 is 0 Å². The van der Waals surface area contributed by atoms with Crippen LogP contribution in [0.15, 0.2) is 0 Å². The van der Waals surface area contributed by atoms with Crippen LogP contribution in [0.4, 0.5) is 0 Å². The number of hydrogen-bond acceptors (Lipinski definition) is 3. The van der Waals surface area contributed by atoms with Crippen LogP contribution >= 0.6 is 0 Å². The molecule has 1 heterocycles. The van der Waals surface area contributed by atoms with Crippen LogP contribution in [0.3, 0.4) is 0 Å². The molecule has 3 heteroatoms. The van der Waals surface area contributed by atoms with E-state index in [0.29, 0.717) is 11.5 Å². The minimum absolute atomic E-state index is 0.318. The highest BCUT2D eigenvalue weighted by Gasteiger charge is 2.33. The maximum absolute atomic E-state index is 8.81. The molecule has 0 N–H and O–H groups in total. The van der Waals surface area contributed by atoms with Gasteiger partial charge in [0.25, 0.3) is 0 Å². The largest absolute Gasteiger partial charge is 0.309 e. The van der Waals surface area contributed by atoms with Crippen molar-refractivity contribution in [2.75, 3.05) is 33.7 Å². The summed E-state index contributed by atoms with van der Waals surface area (Å²) in [6.07, 6.45) is 4.38. The predicted octanol–water partition coefficient (Wildman–Crippen LogP) is 2.34. The summed E-state index contributed by atoms with van der Waals surface area (Å²) in [5, 5.41) is 8.81. The summed E-state index contributed by atoms with van der Waals surface area (Å²) in [5.74, 6) is 0.590. The van der Waals surface area contributed by atoms with Crippen molar-refractivity contribution in [3.8, 4) is 6.07 Å². The van der Waals surface area contributed by atoms with E-state index in [1.54, 1.807) is 0 Å². The van der Waals surface area contributed by atoms with Gasteiger partial charge in [-0.1, -0.05) is 0 Å². The smallest absolute Gasteiger partial charge is 0.0625 e.